The van der Waals surface area contributed by atoms with Crippen LogP contribution in [0, 0.1) is 0 Å². The van der Waals surface area contributed by atoms with Crippen LogP contribution < -0.4 is 0 Å². The average molecular weight is 190 g/mol. The maximum absolute atomic E-state index is 8.73. The van der Waals surface area contributed by atoms with Crippen molar-refractivity contribution in [1.29, 1.82) is 0 Å². The molecule has 0 spiro atoms. The van der Waals surface area contributed by atoms with Gasteiger partial charge in [-0.15, -0.1) is 0 Å². The van der Waals surface area contributed by atoms with Crippen LogP contribution in [0.3, 0.4) is 0 Å². The summed E-state index contributed by atoms with van der Waals surface area (Å²) in [7, 11) is 0. The number of hydrogen-bond donors (Lipinski definition) is 1. The molecule has 1 nitrogen and oxygen atoms in total. The minimum atomic E-state index is 0.287. The van der Waals surface area contributed by atoms with E-state index in [0.29, 0.717) is 5.92 Å². The van der Waals surface area contributed by atoms with E-state index >= 15 is 0 Å². The first-order valence-electron chi connectivity index (χ1n) is 5.11. The molecule has 1 atom stereocenters. The molecule has 0 saturated carbocycles. The van der Waals surface area contributed by atoms with Gasteiger partial charge in [0, 0.05) is 6.61 Å². The first kappa shape index (κ1) is 11.0. The van der Waals surface area contributed by atoms with Crippen molar-refractivity contribution in [3.8, 4) is 0 Å². The van der Waals surface area contributed by atoms with Crippen molar-refractivity contribution >= 4 is 6.08 Å². The molecule has 0 aromatic heterocycles. The number of hydrogen-bond acceptors (Lipinski definition) is 1. The molecule has 0 radical (unpaired) electrons. The molecule has 1 aromatic carbocycles. The summed E-state index contributed by atoms with van der Waals surface area (Å²) >= 11 is 0. The topological polar surface area (TPSA) is 20.2 Å². The molecule has 14 heavy (non-hydrogen) atoms. The molecule has 76 valence electrons. The molecular formula is C13H18O. The summed E-state index contributed by atoms with van der Waals surface area (Å²) < 4.78 is 0. The van der Waals surface area contributed by atoms with Crippen molar-refractivity contribution in [2.75, 3.05) is 6.61 Å². The van der Waals surface area contributed by atoms with Gasteiger partial charge in [-0.05, 0) is 29.9 Å². The van der Waals surface area contributed by atoms with Crippen LogP contribution in [0.25, 0.3) is 6.08 Å². The maximum Gasteiger partial charge on any atom is 0.0431 e. The first-order valence-corrected chi connectivity index (χ1v) is 5.11. The molecule has 0 saturated heterocycles. The van der Waals surface area contributed by atoms with Crippen LogP contribution in [0.4, 0.5) is 0 Å². The molecule has 0 fully saturated rings. The lowest BCUT2D eigenvalue weighted by Crippen LogP contribution is -1.95. The molecule has 0 aliphatic heterocycles. The molecule has 1 heteroatoms. The fraction of sp³-hybridized carbons (Fsp3) is 0.385. The van der Waals surface area contributed by atoms with Crippen LogP contribution in [0.5, 0.6) is 0 Å². The van der Waals surface area contributed by atoms with Gasteiger partial charge in [-0.1, -0.05) is 43.8 Å². The Morgan fingerprint density at radius 1 is 1.36 bits per heavy atom. The van der Waals surface area contributed by atoms with Crippen LogP contribution >= 0.6 is 0 Å². The number of aliphatic hydroxyl groups excluding tert-OH is 1. The standard InChI is InChI=1S/C13H18O/c1-3-12-6-8-13(9-7-12)11(2)5-4-10-14/h3,6-9,11,14H,1,4-5,10H2,2H3. The molecular weight excluding hydrogens is 172 g/mol. The number of aliphatic hydroxyl groups is 1. The first-order chi connectivity index (χ1) is 6.77. The minimum Gasteiger partial charge on any atom is -0.396 e. The van der Waals surface area contributed by atoms with Gasteiger partial charge in [-0.3, -0.25) is 0 Å². The van der Waals surface area contributed by atoms with Crippen molar-refractivity contribution in [1.82, 2.24) is 0 Å². The van der Waals surface area contributed by atoms with Gasteiger partial charge in [0.05, 0.1) is 0 Å². The Morgan fingerprint density at radius 3 is 2.50 bits per heavy atom. The second-order valence-corrected chi connectivity index (χ2v) is 3.64. The van der Waals surface area contributed by atoms with Crippen molar-refractivity contribution in [3.05, 3.63) is 42.0 Å². The van der Waals surface area contributed by atoms with Crippen LogP contribution in [0.15, 0.2) is 30.8 Å². The van der Waals surface area contributed by atoms with Gasteiger partial charge < -0.3 is 5.11 Å². The van der Waals surface area contributed by atoms with E-state index in [4.69, 9.17) is 5.11 Å². The second kappa shape index (κ2) is 5.61. The lowest BCUT2D eigenvalue weighted by atomic mass is 9.95. The highest BCUT2D eigenvalue weighted by Crippen LogP contribution is 2.20. The summed E-state index contributed by atoms with van der Waals surface area (Å²) in [5, 5.41) is 8.73. The zero-order chi connectivity index (χ0) is 10.4. The van der Waals surface area contributed by atoms with E-state index in [0.717, 1.165) is 18.4 Å². The van der Waals surface area contributed by atoms with Crippen LogP contribution in [0.1, 0.15) is 36.8 Å². The van der Waals surface area contributed by atoms with Gasteiger partial charge in [0.2, 0.25) is 0 Å². The highest BCUT2D eigenvalue weighted by Gasteiger charge is 2.03. The summed E-state index contributed by atoms with van der Waals surface area (Å²) in [4.78, 5) is 0. The van der Waals surface area contributed by atoms with Crippen molar-refractivity contribution in [2.45, 2.75) is 25.7 Å². The van der Waals surface area contributed by atoms with E-state index in [1.807, 2.05) is 6.08 Å². The predicted molar refractivity (Wildman–Crippen MR) is 61.3 cm³/mol. The highest BCUT2D eigenvalue weighted by atomic mass is 16.2. The van der Waals surface area contributed by atoms with Crippen molar-refractivity contribution in [3.63, 3.8) is 0 Å². The van der Waals surface area contributed by atoms with E-state index < -0.39 is 0 Å². The molecule has 1 unspecified atom stereocenters. The van der Waals surface area contributed by atoms with Gasteiger partial charge in [-0.2, -0.15) is 0 Å². The third-order valence-electron chi connectivity index (χ3n) is 2.54. The lowest BCUT2D eigenvalue weighted by molar-refractivity contribution is 0.281. The van der Waals surface area contributed by atoms with E-state index in [9.17, 15) is 0 Å². The summed E-state index contributed by atoms with van der Waals surface area (Å²) in [5.41, 5.74) is 2.49. The second-order valence-electron chi connectivity index (χ2n) is 3.64. The molecule has 0 bridgehead atoms. The smallest absolute Gasteiger partial charge is 0.0431 e. The van der Waals surface area contributed by atoms with Crippen LogP contribution in [-0.2, 0) is 0 Å². The summed E-state index contributed by atoms with van der Waals surface area (Å²) in [5.74, 6) is 0.529. The Bertz CT molecular complexity index is 274. The molecule has 0 aliphatic carbocycles. The molecule has 1 aromatic rings. The lowest BCUT2D eigenvalue weighted by Gasteiger charge is -2.10. The third-order valence-corrected chi connectivity index (χ3v) is 2.54. The largest absolute Gasteiger partial charge is 0.396 e. The van der Waals surface area contributed by atoms with Crippen molar-refractivity contribution in [2.24, 2.45) is 0 Å². The zero-order valence-corrected chi connectivity index (χ0v) is 8.74. The number of rotatable bonds is 5. The SMILES string of the molecule is C=Cc1ccc(C(C)CCCO)cc1. The van der Waals surface area contributed by atoms with Gasteiger partial charge in [0.15, 0.2) is 0 Å². The van der Waals surface area contributed by atoms with E-state index in [-0.39, 0.29) is 6.61 Å². The molecule has 0 aliphatic rings. The Hall–Kier alpha value is -1.08. The predicted octanol–water partition coefficient (Wildman–Crippen LogP) is 3.21. The van der Waals surface area contributed by atoms with Gasteiger partial charge in [0.25, 0.3) is 0 Å². The Kier molecular flexibility index (Phi) is 4.41. The zero-order valence-electron chi connectivity index (χ0n) is 8.74. The summed E-state index contributed by atoms with van der Waals surface area (Å²) in [6, 6.07) is 8.44. The van der Waals surface area contributed by atoms with E-state index in [1.54, 1.807) is 0 Å². The quantitative estimate of drug-likeness (QED) is 0.756. The van der Waals surface area contributed by atoms with Crippen LogP contribution in [-0.4, -0.2) is 11.7 Å². The molecule has 1 N–H and O–H groups in total. The summed E-state index contributed by atoms with van der Waals surface area (Å²) in [6.45, 7) is 6.20. The monoisotopic (exact) mass is 190 g/mol. The Balaban J connectivity index is 2.61. The molecule has 1 rings (SSSR count). The van der Waals surface area contributed by atoms with Gasteiger partial charge in [-0.25, -0.2) is 0 Å². The Labute approximate surface area is 86.1 Å². The van der Waals surface area contributed by atoms with Gasteiger partial charge >= 0.3 is 0 Å². The molecule has 0 heterocycles. The number of benzene rings is 1. The van der Waals surface area contributed by atoms with Gasteiger partial charge in [0.1, 0.15) is 0 Å². The average Bonchev–Trinajstić information content (AvgIpc) is 2.26. The van der Waals surface area contributed by atoms with E-state index in [2.05, 4.69) is 37.8 Å². The highest BCUT2D eigenvalue weighted by molar-refractivity contribution is 5.47. The Morgan fingerprint density at radius 2 is 2.00 bits per heavy atom. The third kappa shape index (κ3) is 3.00. The fourth-order valence-corrected chi connectivity index (χ4v) is 1.52. The molecule has 0 amide bonds. The minimum absolute atomic E-state index is 0.287. The normalized spacial score (nSPS) is 12.4. The fourth-order valence-electron chi connectivity index (χ4n) is 1.52. The van der Waals surface area contributed by atoms with Crippen LogP contribution in [0.2, 0.25) is 0 Å². The maximum atomic E-state index is 8.73. The van der Waals surface area contributed by atoms with Crippen molar-refractivity contribution < 1.29 is 5.11 Å². The van der Waals surface area contributed by atoms with E-state index in [1.165, 1.54) is 5.56 Å². The summed E-state index contributed by atoms with van der Waals surface area (Å²) in [6.07, 6.45) is 3.77.